The first kappa shape index (κ1) is 32.4. The van der Waals surface area contributed by atoms with Crippen LogP contribution in [0, 0.1) is 24.5 Å². The number of carbonyl (C=O) groups excluding carboxylic acids is 1. The van der Waals surface area contributed by atoms with Gasteiger partial charge in [-0.15, -0.1) is 0 Å². The van der Waals surface area contributed by atoms with E-state index in [0.29, 0.717) is 72.9 Å². The fourth-order valence-corrected chi connectivity index (χ4v) is 8.29. The first-order valence-electron chi connectivity index (χ1n) is 17.3. The smallest absolute Gasteiger partial charge is 0.319 e. The van der Waals surface area contributed by atoms with Gasteiger partial charge >= 0.3 is 6.01 Å². The normalized spacial score (nSPS) is 22.5. The number of alkyl halides is 1. The second kappa shape index (κ2) is 12.5. The number of phenolic OH excluding ortho intramolecular Hbond substituents is 1. The average Bonchev–Trinajstić information content (AvgIpc) is 3.80. The van der Waals surface area contributed by atoms with Crippen LogP contribution in [0.2, 0.25) is 0 Å². The van der Waals surface area contributed by atoms with Gasteiger partial charge in [-0.1, -0.05) is 13.0 Å². The maximum Gasteiger partial charge on any atom is 0.319 e. The number of aromatic hydroxyl groups is 1. The zero-order chi connectivity index (χ0) is 34.7. The minimum atomic E-state index is -0.950. The fourth-order valence-electron chi connectivity index (χ4n) is 8.29. The van der Waals surface area contributed by atoms with Crippen molar-refractivity contribution in [3.8, 4) is 23.0 Å². The molecule has 260 valence electrons. The predicted molar refractivity (Wildman–Crippen MR) is 182 cm³/mol. The van der Waals surface area contributed by atoms with Gasteiger partial charge in [-0.3, -0.25) is 14.7 Å². The Bertz CT molecular complexity index is 2140. The number of aryl methyl sites for hydroxylation is 2. The molecule has 0 saturated carbocycles. The van der Waals surface area contributed by atoms with Crippen molar-refractivity contribution in [2.75, 3.05) is 37.7 Å². The molecule has 3 aliphatic heterocycles. The fraction of sp³-hybridized carbons (Fsp3) is 0.432. The monoisotopic (exact) mass is 685 g/mol. The van der Waals surface area contributed by atoms with E-state index in [1.807, 2.05) is 18.7 Å². The molecule has 6 heterocycles. The summed E-state index contributed by atoms with van der Waals surface area (Å²) in [7, 11) is 0. The van der Waals surface area contributed by atoms with E-state index in [9.17, 15) is 14.3 Å². The molecule has 3 aromatic heterocycles. The van der Waals surface area contributed by atoms with Crippen molar-refractivity contribution in [1.82, 2.24) is 29.6 Å². The number of rotatable bonds is 7. The largest absolute Gasteiger partial charge is 0.508 e. The summed E-state index contributed by atoms with van der Waals surface area (Å²) in [5, 5.41) is 16.3. The topological polar surface area (TPSA) is 110 Å². The quantitative estimate of drug-likeness (QED) is 0.208. The van der Waals surface area contributed by atoms with E-state index in [2.05, 4.69) is 20.0 Å². The van der Waals surface area contributed by atoms with Crippen molar-refractivity contribution in [3.63, 3.8) is 0 Å². The summed E-state index contributed by atoms with van der Waals surface area (Å²) in [5.74, 6) is -1.49. The number of halogens is 3. The number of benzene rings is 2. The van der Waals surface area contributed by atoms with Crippen LogP contribution >= 0.6 is 0 Å². The van der Waals surface area contributed by atoms with Crippen LogP contribution in [-0.4, -0.2) is 85.1 Å². The van der Waals surface area contributed by atoms with Gasteiger partial charge in [0.25, 0.3) is 5.91 Å². The molecule has 1 N–H and O–H groups in total. The number of anilines is 1. The molecule has 3 saturated heterocycles. The van der Waals surface area contributed by atoms with Crippen molar-refractivity contribution < 1.29 is 27.8 Å². The van der Waals surface area contributed by atoms with E-state index in [-0.39, 0.29) is 47.0 Å². The van der Waals surface area contributed by atoms with Gasteiger partial charge in [-0.25, -0.2) is 17.9 Å². The van der Waals surface area contributed by atoms with Gasteiger partial charge in [-0.05, 0) is 86.2 Å². The molecule has 1 unspecified atom stereocenters. The van der Waals surface area contributed by atoms with E-state index in [0.717, 1.165) is 25.1 Å². The summed E-state index contributed by atoms with van der Waals surface area (Å²) in [5.41, 5.74) is 0.704. The van der Waals surface area contributed by atoms with Crippen LogP contribution in [0.4, 0.5) is 19.0 Å². The molecule has 0 radical (unpaired) electrons. The lowest BCUT2D eigenvalue weighted by Crippen LogP contribution is -2.43. The van der Waals surface area contributed by atoms with Crippen LogP contribution in [0.1, 0.15) is 55.1 Å². The third-order valence-electron chi connectivity index (χ3n) is 10.7. The summed E-state index contributed by atoms with van der Waals surface area (Å²) in [4.78, 5) is 31.4. The predicted octanol–water partition coefficient (Wildman–Crippen LogP) is 6.41. The minimum Gasteiger partial charge on any atom is -0.508 e. The molecule has 3 atom stereocenters. The molecular weight excluding hydrogens is 647 g/mol. The molecule has 8 rings (SSSR count). The molecular formula is C37H38F3N7O3. The maximum atomic E-state index is 17.0. The highest BCUT2D eigenvalue weighted by molar-refractivity contribution is 6.01. The lowest BCUT2D eigenvalue weighted by molar-refractivity contribution is 0.0803. The number of phenols is 1. The van der Waals surface area contributed by atoms with Gasteiger partial charge in [0.05, 0.1) is 22.5 Å². The number of aromatic nitrogens is 5. The van der Waals surface area contributed by atoms with Gasteiger partial charge in [0.1, 0.15) is 41.4 Å². The Kier molecular flexibility index (Phi) is 8.12. The molecule has 3 aliphatic rings. The molecule has 3 fully saturated rings. The Hall–Kier alpha value is -4.78. The molecule has 13 heteroatoms. The lowest BCUT2D eigenvalue weighted by atomic mass is 9.94. The Morgan fingerprint density at radius 1 is 1.12 bits per heavy atom. The van der Waals surface area contributed by atoms with Crippen molar-refractivity contribution in [1.29, 1.82) is 0 Å². The van der Waals surface area contributed by atoms with Crippen LogP contribution in [0.3, 0.4) is 0 Å². The second-order valence-corrected chi connectivity index (χ2v) is 13.9. The first-order chi connectivity index (χ1) is 24.1. The Morgan fingerprint density at radius 2 is 1.98 bits per heavy atom. The van der Waals surface area contributed by atoms with Gasteiger partial charge in [0, 0.05) is 44.0 Å². The zero-order valence-corrected chi connectivity index (χ0v) is 28.0. The Balaban J connectivity index is 1.24. The highest BCUT2D eigenvalue weighted by Gasteiger charge is 2.49. The molecule has 2 aromatic carbocycles. The minimum absolute atomic E-state index is 0.0623. The summed E-state index contributed by atoms with van der Waals surface area (Å²) in [6.07, 6.45) is 5.92. The SMILES string of the molecule is CCc1c(F)ccc2cc(O)cc(-c3ncc4c(N5CCCC(C(=O)n6ccc(C)n6)C5)nc(OC[C@@]56CCCN5C[C@H](F)C6)nc4c3F)c12. The maximum absolute atomic E-state index is 17.0. The lowest BCUT2D eigenvalue weighted by Gasteiger charge is -2.34. The Morgan fingerprint density at radius 3 is 2.78 bits per heavy atom. The zero-order valence-electron chi connectivity index (χ0n) is 28.0. The van der Waals surface area contributed by atoms with Crippen LogP contribution in [0.15, 0.2) is 42.7 Å². The van der Waals surface area contributed by atoms with Gasteiger partial charge in [-0.2, -0.15) is 15.1 Å². The summed E-state index contributed by atoms with van der Waals surface area (Å²) in [6.45, 7) is 5.78. The molecule has 0 amide bonds. The number of carbonyl (C=O) groups is 1. The number of fused-ring (bicyclic) bond motifs is 3. The van der Waals surface area contributed by atoms with Crippen LogP contribution in [0.5, 0.6) is 11.8 Å². The standard InChI is InChI=1S/C37H38F3N7O3/c1-3-26-29(39)8-7-22-14-25(48)15-27(30(22)26)32-31(40)33-28(17-41-32)34(45-11-4-6-23(18-45)35(49)47-13-9-21(2)44-47)43-36(42-33)50-20-37-10-5-12-46(37)19-24(38)16-37/h7-9,13-15,17,23-24,48H,3-6,10-12,16,18-20H2,1-2H3/t23?,24-,37+/m1/s1. The van der Waals surface area contributed by atoms with Crippen LogP contribution < -0.4 is 9.64 Å². The molecule has 10 nitrogen and oxygen atoms in total. The number of piperidine rings is 1. The average molecular weight is 686 g/mol. The van der Waals surface area contributed by atoms with Crippen molar-refractivity contribution in [2.24, 2.45) is 5.92 Å². The van der Waals surface area contributed by atoms with Gasteiger partial charge in [0.15, 0.2) is 5.82 Å². The summed E-state index contributed by atoms with van der Waals surface area (Å²) < 4.78 is 54.2. The summed E-state index contributed by atoms with van der Waals surface area (Å²) >= 11 is 0. The first-order valence-corrected chi connectivity index (χ1v) is 17.3. The number of hydrogen-bond acceptors (Lipinski definition) is 9. The van der Waals surface area contributed by atoms with Crippen molar-refractivity contribution in [2.45, 2.75) is 64.1 Å². The number of nitrogens with zero attached hydrogens (tertiary/aromatic N) is 7. The van der Waals surface area contributed by atoms with Gasteiger partial charge in [0.2, 0.25) is 0 Å². The molecule has 50 heavy (non-hydrogen) atoms. The van der Waals surface area contributed by atoms with Crippen molar-refractivity contribution in [3.05, 3.63) is 65.6 Å². The van der Waals surface area contributed by atoms with E-state index in [1.165, 1.54) is 29.1 Å². The Labute approximate surface area is 286 Å². The van der Waals surface area contributed by atoms with E-state index >= 15 is 8.78 Å². The van der Waals surface area contributed by atoms with E-state index in [4.69, 9.17) is 9.72 Å². The van der Waals surface area contributed by atoms with Gasteiger partial charge < -0.3 is 14.7 Å². The number of hydrogen-bond donors (Lipinski definition) is 1. The van der Waals surface area contributed by atoms with Crippen LogP contribution in [0.25, 0.3) is 32.9 Å². The van der Waals surface area contributed by atoms with Crippen molar-refractivity contribution >= 4 is 33.4 Å². The van der Waals surface area contributed by atoms with Crippen LogP contribution in [-0.2, 0) is 6.42 Å². The molecule has 5 aromatic rings. The third kappa shape index (κ3) is 5.51. The van der Waals surface area contributed by atoms with E-state index < -0.39 is 23.3 Å². The second-order valence-electron chi connectivity index (χ2n) is 13.9. The summed E-state index contributed by atoms with van der Waals surface area (Å²) in [6, 6.07) is 7.49. The van der Waals surface area contributed by atoms with E-state index in [1.54, 1.807) is 18.3 Å². The number of ether oxygens (including phenoxy) is 1. The number of pyridine rings is 1. The molecule has 0 bridgehead atoms. The molecule has 0 spiro atoms. The highest BCUT2D eigenvalue weighted by atomic mass is 19.1. The third-order valence-corrected chi connectivity index (χ3v) is 10.7. The highest BCUT2D eigenvalue weighted by Crippen LogP contribution is 2.42. The molecule has 0 aliphatic carbocycles.